The minimum absolute atomic E-state index is 0.205. The Morgan fingerprint density at radius 2 is 1.64 bits per heavy atom. The van der Waals surface area contributed by atoms with Crippen LogP contribution in [0, 0.1) is 5.92 Å². The molecule has 0 amide bonds. The molecule has 112 valence electrons. The van der Waals surface area contributed by atoms with Crippen LogP contribution < -0.4 is 0 Å². The van der Waals surface area contributed by atoms with Crippen LogP contribution in [0.25, 0.3) is 11.3 Å². The van der Waals surface area contributed by atoms with Gasteiger partial charge in [0, 0.05) is 22.0 Å². The van der Waals surface area contributed by atoms with Crippen molar-refractivity contribution in [1.29, 1.82) is 0 Å². The second-order valence-corrected chi connectivity index (χ2v) is 6.58. The third-order valence-corrected chi connectivity index (χ3v) is 4.53. The monoisotopic (exact) mass is 355 g/mol. The zero-order valence-electron chi connectivity index (χ0n) is 12.7. The van der Waals surface area contributed by atoms with Gasteiger partial charge in [-0.25, -0.2) is 0 Å². The Labute approximate surface area is 139 Å². The topological polar surface area (TPSA) is 26.0 Å². The largest absolute Gasteiger partial charge is 0.356 e. The molecular weight excluding hydrogens is 338 g/mol. The lowest BCUT2D eigenvalue weighted by Crippen LogP contribution is -2.09. The van der Waals surface area contributed by atoms with E-state index in [-0.39, 0.29) is 5.92 Å². The Hall–Kier alpha value is -1.87. The summed E-state index contributed by atoms with van der Waals surface area (Å²) in [5, 5.41) is 4.34. The van der Waals surface area contributed by atoms with Crippen LogP contribution in [0.1, 0.15) is 31.0 Å². The van der Waals surface area contributed by atoms with Crippen molar-refractivity contribution in [1.82, 2.24) is 5.16 Å². The van der Waals surface area contributed by atoms with Crippen molar-refractivity contribution in [3.05, 3.63) is 76.4 Å². The van der Waals surface area contributed by atoms with Crippen LogP contribution in [0.3, 0.4) is 0 Å². The predicted octanol–water partition coefficient (Wildman–Crippen LogP) is 5.89. The number of nitrogens with zero attached hydrogens (tertiary/aromatic N) is 1. The molecule has 0 bridgehead atoms. The number of halogens is 1. The molecule has 0 saturated heterocycles. The average Bonchev–Trinajstić information content (AvgIpc) is 2.99. The Kier molecular flexibility index (Phi) is 4.44. The summed E-state index contributed by atoms with van der Waals surface area (Å²) in [6.45, 7) is 4.42. The average molecular weight is 356 g/mol. The van der Waals surface area contributed by atoms with Gasteiger partial charge in [-0.1, -0.05) is 83.5 Å². The maximum absolute atomic E-state index is 5.58. The number of hydrogen-bond acceptors (Lipinski definition) is 2. The number of rotatable bonds is 4. The molecule has 3 aromatic rings. The minimum atomic E-state index is 0.205. The molecule has 1 unspecified atom stereocenters. The molecule has 0 fully saturated rings. The first kappa shape index (κ1) is 15.0. The maximum Gasteiger partial charge on any atom is 0.167 e. The maximum atomic E-state index is 5.58. The molecule has 0 aliphatic carbocycles. The van der Waals surface area contributed by atoms with E-state index in [4.69, 9.17) is 4.52 Å². The van der Waals surface area contributed by atoms with Crippen molar-refractivity contribution in [2.45, 2.75) is 19.8 Å². The van der Waals surface area contributed by atoms with Crippen LogP contribution >= 0.6 is 15.9 Å². The summed E-state index contributed by atoms with van der Waals surface area (Å²) in [6.07, 6.45) is 0. The Morgan fingerprint density at radius 1 is 0.955 bits per heavy atom. The lowest BCUT2D eigenvalue weighted by Gasteiger charge is -2.20. The second-order valence-electron chi connectivity index (χ2n) is 5.73. The molecule has 1 atom stereocenters. The van der Waals surface area contributed by atoms with Gasteiger partial charge in [0.05, 0.1) is 5.69 Å². The summed E-state index contributed by atoms with van der Waals surface area (Å²) in [4.78, 5) is 0. The van der Waals surface area contributed by atoms with Gasteiger partial charge in [0.25, 0.3) is 0 Å². The van der Waals surface area contributed by atoms with Gasteiger partial charge < -0.3 is 4.52 Å². The van der Waals surface area contributed by atoms with Gasteiger partial charge in [-0.05, 0) is 17.5 Å². The highest BCUT2D eigenvalue weighted by molar-refractivity contribution is 9.10. The van der Waals surface area contributed by atoms with E-state index in [1.807, 2.05) is 36.4 Å². The molecule has 3 heteroatoms. The highest BCUT2D eigenvalue weighted by atomic mass is 79.9. The van der Waals surface area contributed by atoms with Crippen LogP contribution in [0.2, 0.25) is 0 Å². The van der Waals surface area contributed by atoms with E-state index in [0.717, 1.165) is 21.5 Å². The summed E-state index contributed by atoms with van der Waals surface area (Å²) in [5.41, 5.74) is 3.27. The normalized spacial score (nSPS) is 12.5. The van der Waals surface area contributed by atoms with E-state index in [1.165, 1.54) is 5.56 Å². The highest BCUT2D eigenvalue weighted by Crippen LogP contribution is 2.36. The predicted molar refractivity (Wildman–Crippen MR) is 92.8 cm³/mol. The van der Waals surface area contributed by atoms with Gasteiger partial charge in [0.1, 0.15) is 0 Å². The van der Waals surface area contributed by atoms with E-state index in [0.29, 0.717) is 5.92 Å². The van der Waals surface area contributed by atoms with Crippen LogP contribution in [0.15, 0.2) is 69.7 Å². The molecule has 0 N–H and O–H groups in total. The standard InChI is InChI=1S/C19H18BrNO/c1-13(2)19(15-10-6-7-11-16(15)20)17-12-18(22-21-17)14-8-4-3-5-9-14/h3-13,19H,1-2H3. The van der Waals surface area contributed by atoms with Crippen molar-refractivity contribution in [2.24, 2.45) is 5.92 Å². The zero-order chi connectivity index (χ0) is 15.5. The molecule has 2 nitrogen and oxygen atoms in total. The molecular formula is C19H18BrNO. The van der Waals surface area contributed by atoms with Crippen LogP contribution in [-0.2, 0) is 0 Å². The first-order chi connectivity index (χ1) is 10.7. The van der Waals surface area contributed by atoms with Crippen molar-refractivity contribution < 1.29 is 4.52 Å². The molecule has 3 rings (SSSR count). The summed E-state index contributed by atoms with van der Waals surface area (Å²) in [5.74, 6) is 1.44. The zero-order valence-corrected chi connectivity index (χ0v) is 14.2. The molecule has 1 aromatic heterocycles. The summed E-state index contributed by atoms with van der Waals surface area (Å²) >= 11 is 3.66. The number of aromatic nitrogens is 1. The number of hydrogen-bond donors (Lipinski definition) is 0. The smallest absolute Gasteiger partial charge is 0.167 e. The van der Waals surface area contributed by atoms with Crippen LogP contribution in [0.4, 0.5) is 0 Å². The number of benzene rings is 2. The first-order valence-corrected chi connectivity index (χ1v) is 8.22. The summed E-state index contributed by atoms with van der Waals surface area (Å²) in [7, 11) is 0. The van der Waals surface area contributed by atoms with Crippen molar-refractivity contribution in [2.75, 3.05) is 0 Å². The summed E-state index contributed by atoms with van der Waals surface area (Å²) < 4.78 is 6.69. The third kappa shape index (κ3) is 3.00. The molecule has 1 heterocycles. The van der Waals surface area contributed by atoms with Gasteiger partial charge in [-0.3, -0.25) is 0 Å². The minimum Gasteiger partial charge on any atom is -0.356 e. The van der Waals surface area contributed by atoms with Crippen molar-refractivity contribution >= 4 is 15.9 Å². The van der Waals surface area contributed by atoms with E-state index >= 15 is 0 Å². The Morgan fingerprint density at radius 3 is 2.32 bits per heavy atom. The van der Waals surface area contributed by atoms with E-state index in [9.17, 15) is 0 Å². The van der Waals surface area contributed by atoms with Gasteiger partial charge in [0.2, 0.25) is 0 Å². The van der Waals surface area contributed by atoms with Gasteiger partial charge >= 0.3 is 0 Å². The molecule has 22 heavy (non-hydrogen) atoms. The third-order valence-electron chi connectivity index (χ3n) is 3.81. The van der Waals surface area contributed by atoms with E-state index in [1.54, 1.807) is 0 Å². The SMILES string of the molecule is CC(C)C(c1cc(-c2ccccc2)on1)c1ccccc1Br. The van der Waals surface area contributed by atoms with E-state index in [2.05, 4.69) is 59.2 Å². The molecule has 0 radical (unpaired) electrons. The fourth-order valence-corrected chi connectivity index (χ4v) is 3.29. The molecule has 0 aliphatic rings. The van der Waals surface area contributed by atoms with Gasteiger partial charge in [0.15, 0.2) is 5.76 Å². The fourth-order valence-electron chi connectivity index (χ4n) is 2.76. The van der Waals surface area contributed by atoms with Crippen molar-refractivity contribution in [3.63, 3.8) is 0 Å². The lowest BCUT2D eigenvalue weighted by molar-refractivity contribution is 0.409. The highest BCUT2D eigenvalue weighted by Gasteiger charge is 2.24. The lowest BCUT2D eigenvalue weighted by atomic mass is 9.85. The van der Waals surface area contributed by atoms with Crippen LogP contribution in [-0.4, -0.2) is 5.16 Å². The fraction of sp³-hybridized carbons (Fsp3) is 0.211. The van der Waals surface area contributed by atoms with Gasteiger partial charge in [-0.15, -0.1) is 0 Å². The Balaban J connectivity index is 2.01. The quantitative estimate of drug-likeness (QED) is 0.582. The molecule has 0 saturated carbocycles. The second kappa shape index (κ2) is 6.49. The van der Waals surface area contributed by atoms with E-state index < -0.39 is 0 Å². The van der Waals surface area contributed by atoms with Gasteiger partial charge in [-0.2, -0.15) is 0 Å². The molecule has 2 aromatic carbocycles. The van der Waals surface area contributed by atoms with Crippen molar-refractivity contribution in [3.8, 4) is 11.3 Å². The molecule has 0 aliphatic heterocycles. The summed E-state index contributed by atoms with van der Waals surface area (Å²) in [6, 6.07) is 20.4. The molecule has 0 spiro atoms. The van der Waals surface area contributed by atoms with Crippen LogP contribution in [0.5, 0.6) is 0 Å². The first-order valence-electron chi connectivity index (χ1n) is 7.43. The Bertz CT molecular complexity index is 749.